The molecule has 1 atom stereocenters. The highest BCUT2D eigenvalue weighted by Gasteiger charge is 2.25. The van der Waals surface area contributed by atoms with Crippen LogP contribution in [0.2, 0.25) is 0 Å². The standard InChI is InChI=1S/C16H21FN4O.ClH/c1-2-4-16-19-15(20-22-16)11-21-8-7-18-10-14(21)12-5-3-6-13(17)9-12;/h3,5-6,9,14,18H,2,4,7-8,10-11H2,1H3;1H. The number of piperazine rings is 1. The van der Waals surface area contributed by atoms with Gasteiger partial charge in [-0.2, -0.15) is 4.98 Å². The minimum absolute atomic E-state index is 0. The lowest BCUT2D eigenvalue weighted by atomic mass is 10.0. The first-order valence-corrected chi connectivity index (χ1v) is 7.78. The molecule has 1 aliphatic rings. The van der Waals surface area contributed by atoms with E-state index >= 15 is 0 Å². The Morgan fingerprint density at radius 2 is 2.30 bits per heavy atom. The first-order chi connectivity index (χ1) is 10.8. The molecular formula is C16H22ClFN4O. The van der Waals surface area contributed by atoms with E-state index in [2.05, 4.69) is 27.3 Å². The van der Waals surface area contributed by atoms with Gasteiger partial charge in [-0.3, -0.25) is 4.90 Å². The lowest BCUT2D eigenvalue weighted by Crippen LogP contribution is -2.45. The molecule has 0 aliphatic carbocycles. The molecule has 1 unspecified atom stereocenters. The van der Waals surface area contributed by atoms with Crippen molar-refractivity contribution < 1.29 is 8.91 Å². The van der Waals surface area contributed by atoms with Crippen LogP contribution in [-0.2, 0) is 13.0 Å². The normalized spacial score (nSPS) is 18.6. The fourth-order valence-electron chi connectivity index (χ4n) is 2.83. The number of rotatable bonds is 5. The summed E-state index contributed by atoms with van der Waals surface area (Å²) in [7, 11) is 0. The van der Waals surface area contributed by atoms with Crippen LogP contribution < -0.4 is 5.32 Å². The van der Waals surface area contributed by atoms with Crippen LogP contribution in [0.4, 0.5) is 4.39 Å². The fourth-order valence-corrected chi connectivity index (χ4v) is 2.83. The van der Waals surface area contributed by atoms with Crippen molar-refractivity contribution >= 4 is 12.4 Å². The molecule has 126 valence electrons. The Kier molecular flexibility index (Phi) is 6.50. The fraction of sp³-hybridized carbons (Fsp3) is 0.500. The molecule has 0 bridgehead atoms. The van der Waals surface area contributed by atoms with Crippen LogP contribution in [0.1, 0.15) is 36.7 Å². The molecule has 1 aromatic carbocycles. The maximum atomic E-state index is 13.5. The van der Waals surface area contributed by atoms with Gasteiger partial charge in [-0.15, -0.1) is 12.4 Å². The summed E-state index contributed by atoms with van der Waals surface area (Å²) in [6.45, 7) is 5.28. The first-order valence-electron chi connectivity index (χ1n) is 7.78. The summed E-state index contributed by atoms with van der Waals surface area (Å²) < 4.78 is 18.7. The van der Waals surface area contributed by atoms with Crippen LogP contribution in [0.5, 0.6) is 0 Å². The highest BCUT2D eigenvalue weighted by molar-refractivity contribution is 5.85. The highest BCUT2D eigenvalue weighted by Crippen LogP contribution is 2.24. The quantitative estimate of drug-likeness (QED) is 0.907. The van der Waals surface area contributed by atoms with E-state index in [0.29, 0.717) is 18.3 Å². The molecule has 7 heteroatoms. The monoisotopic (exact) mass is 340 g/mol. The summed E-state index contributed by atoms with van der Waals surface area (Å²) in [5.41, 5.74) is 0.976. The Labute approximate surface area is 141 Å². The average molecular weight is 341 g/mol. The van der Waals surface area contributed by atoms with Crippen molar-refractivity contribution in [3.8, 4) is 0 Å². The van der Waals surface area contributed by atoms with Gasteiger partial charge >= 0.3 is 0 Å². The Hall–Kier alpha value is -1.50. The number of aromatic nitrogens is 2. The molecule has 2 heterocycles. The smallest absolute Gasteiger partial charge is 0.226 e. The number of benzene rings is 1. The van der Waals surface area contributed by atoms with E-state index in [0.717, 1.165) is 38.0 Å². The maximum absolute atomic E-state index is 13.5. The zero-order chi connectivity index (χ0) is 15.4. The lowest BCUT2D eigenvalue weighted by molar-refractivity contribution is 0.148. The van der Waals surface area contributed by atoms with Gasteiger partial charge in [0.1, 0.15) is 5.82 Å². The molecule has 0 amide bonds. The van der Waals surface area contributed by atoms with E-state index in [1.807, 2.05) is 6.07 Å². The van der Waals surface area contributed by atoms with Crippen molar-refractivity contribution in [2.45, 2.75) is 32.4 Å². The van der Waals surface area contributed by atoms with E-state index in [9.17, 15) is 4.39 Å². The zero-order valence-corrected chi connectivity index (χ0v) is 14.0. The number of hydrogen-bond donors (Lipinski definition) is 1. The SMILES string of the molecule is CCCc1nc(CN2CCNCC2c2cccc(F)c2)no1.Cl. The molecule has 23 heavy (non-hydrogen) atoms. The third-order valence-electron chi connectivity index (χ3n) is 3.91. The number of aryl methyl sites for hydroxylation is 1. The summed E-state index contributed by atoms with van der Waals surface area (Å²) >= 11 is 0. The minimum Gasteiger partial charge on any atom is -0.339 e. The lowest BCUT2D eigenvalue weighted by Gasteiger charge is -2.35. The number of nitrogens with one attached hydrogen (secondary N) is 1. The van der Waals surface area contributed by atoms with Crippen molar-refractivity contribution in [1.82, 2.24) is 20.4 Å². The summed E-state index contributed by atoms with van der Waals surface area (Å²) in [5, 5.41) is 7.42. The van der Waals surface area contributed by atoms with E-state index in [1.165, 1.54) is 6.07 Å². The summed E-state index contributed by atoms with van der Waals surface area (Å²) in [6, 6.07) is 6.92. The predicted octanol–water partition coefficient (Wildman–Crippen LogP) is 2.73. The summed E-state index contributed by atoms with van der Waals surface area (Å²) in [5.74, 6) is 1.19. The number of halogens is 2. The van der Waals surface area contributed by atoms with Crippen molar-refractivity contribution in [1.29, 1.82) is 0 Å². The van der Waals surface area contributed by atoms with Crippen LogP contribution in [0.25, 0.3) is 0 Å². The van der Waals surface area contributed by atoms with Crippen LogP contribution in [0.3, 0.4) is 0 Å². The van der Waals surface area contributed by atoms with Gasteiger partial charge in [0.25, 0.3) is 0 Å². The molecule has 1 fully saturated rings. The molecule has 1 saturated heterocycles. The average Bonchev–Trinajstić information content (AvgIpc) is 2.95. The second kappa shape index (κ2) is 8.38. The Bertz CT molecular complexity index is 622. The number of hydrogen-bond acceptors (Lipinski definition) is 5. The predicted molar refractivity (Wildman–Crippen MR) is 88.0 cm³/mol. The van der Waals surface area contributed by atoms with Crippen LogP contribution in [0.15, 0.2) is 28.8 Å². The molecule has 0 spiro atoms. The van der Waals surface area contributed by atoms with E-state index in [-0.39, 0.29) is 24.3 Å². The van der Waals surface area contributed by atoms with Crippen LogP contribution in [0, 0.1) is 5.82 Å². The molecule has 3 rings (SSSR count). The largest absolute Gasteiger partial charge is 0.339 e. The Morgan fingerprint density at radius 3 is 3.09 bits per heavy atom. The van der Waals surface area contributed by atoms with Gasteiger partial charge in [0.15, 0.2) is 5.82 Å². The van der Waals surface area contributed by atoms with Gasteiger partial charge in [-0.1, -0.05) is 24.2 Å². The number of nitrogens with zero attached hydrogens (tertiary/aromatic N) is 3. The second-order valence-electron chi connectivity index (χ2n) is 5.60. The van der Waals surface area contributed by atoms with Crippen LogP contribution in [-0.4, -0.2) is 34.7 Å². The molecule has 0 saturated carbocycles. The van der Waals surface area contributed by atoms with Gasteiger partial charge in [0.2, 0.25) is 5.89 Å². The molecule has 1 N–H and O–H groups in total. The molecule has 2 aromatic rings. The first kappa shape index (κ1) is 17.8. The summed E-state index contributed by atoms with van der Waals surface area (Å²) in [4.78, 5) is 6.70. The minimum atomic E-state index is -0.201. The van der Waals surface area contributed by atoms with Crippen molar-refractivity contribution in [3.05, 3.63) is 47.4 Å². The van der Waals surface area contributed by atoms with Gasteiger partial charge in [0, 0.05) is 32.1 Å². The van der Waals surface area contributed by atoms with Gasteiger partial charge < -0.3 is 9.84 Å². The summed E-state index contributed by atoms with van der Waals surface area (Å²) in [6.07, 6.45) is 1.79. The van der Waals surface area contributed by atoms with Crippen molar-refractivity contribution in [2.24, 2.45) is 0 Å². The Morgan fingerprint density at radius 1 is 1.43 bits per heavy atom. The van der Waals surface area contributed by atoms with E-state index in [1.54, 1.807) is 12.1 Å². The van der Waals surface area contributed by atoms with Gasteiger partial charge in [-0.25, -0.2) is 4.39 Å². The molecule has 0 radical (unpaired) electrons. The Balaban J connectivity index is 0.00000192. The third-order valence-corrected chi connectivity index (χ3v) is 3.91. The maximum Gasteiger partial charge on any atom is 0.226 e. The third kappa shape index (κ3) is 4.50. The van der Waals surface area contributed by atoms with E-state index < -0.39 is 0 Å². The van der Waals surface area contributed by atoms with Crippen molar-refractivity contribution in [2.75, 3.05) is 19.6 Å². The molecule has 1 aliphatic heterocycles. The van der Waals surface area contributed by atoms with Crippen LogP contribution >= 0.6 is 12.4 Å². The zero-order valence-electron chi connectivity index (χ0n) is 13.2. The van der Waals surface area contributed by atoms with Gasteiger partial charge in [0.05, 0.1) is 6.54 Å². The van der Waals surface area contributed by atoms with Crippen molar-refractivity contribution in [3.63, 3.8) is 0 Å². The molecule has 5 nitrogen and oxygen atoms in total. The second-order valence-corrected chi connectivity index (χ2v) is 5.60. The molecular weight excluding hydrogens is 319 g/mol. The topological polar surface area (TPSA) is 54.2 Å². The highest BCUT2D eigenvalue weighted by atomic mass is 35.5. The van der Waals surface area contributed by atoms with Gasteiger partial charge in [-0.05, 0) is 24.1 Å². The van der Waals surface area contributed by atoms with E-state index in [4.69, 9.17) is 4.52 Å². The molecule has 1 aromatic heterocycles.